The number of hydrogen-bond donors (Lipinski definition) is 2. The number of nitrogens with one attached hydrogen (secondary N) is 1. The number of aromatic nitrogens is 1. The van der Waals surface area contributed by atoms with E-state index in [-0.39, 0.29) is 22.6 Å². The highest BCUT2D eigenvalue weighted by Gasteiger charge is 2.15. The van der Waals surface area contributed by atoms with Crippen molar-refractivity contribution in [2.24, 2.45) is 0 Å². The molecule has 5 nitrogen and oxygen atoms in total. The molecule has 21 heavy (non-hydrogen) atoms. The topological polar surface area (TPSA) is 79.3 Å². The summed E-state index contributed by atoms with van der Waals surface area (Å²) in [6.45, 7) is 1.43. The Balaban J connectivity index is 2.26. The minimum Gasteiger partial charge on any atom is -0.478 e. The van der Waals surface area contributed by atoms with E-state index in [2.05, 4.69) is 10.3 Å². The molecule has 7 heteroatoms. The van der Waals surface area contributed by atoms with Crippen molar-refractivity contribution in [2.75, 3.05) is 5.32 Å². The number of carboxylic acids is 1. The Hall–Kier alpha value is -2.83. The zero-order chi connectivity index (χ0) is 15.6. The summed E-state index contributed by atoms with van der Waals surface area (Å²) < 4.78 is 26.4. The second-order valence-corrected chi connectivity index (χ2v) is 4.21. The molecule has 0 bridgehead atoms. The average Bonchev–Trinajstić information content (AvgIpc) is 2.42. The van der Waals surface area contributed by atoms with Gasteiger partial charge in [0.2, 0.25) is 0 Å². The van der Waals surface area contributed by atoms with Crippen LogP contribution >= 0.6 is 0 Å². The predicted molar refractivity (Wildman–Crippen MR) is 70.2 cm³/mol. The third kappa shape index (κ3) is 3.19. The van der Waals surface area contributed by atoms with Gasteiger partial charge in [0.15, 0.2) is 0 Å². The summed E-state index contributed by atoms with van der Waals surface area (Å²) in [6.07, 6.45) is 0. The Morgan fingerprint density at radius 1 is 1.19 bits per heavy atom. The lowest BCUT2D eigenvalue weighted by molar-refractivity contribution is 0.0695. The van der Waals surface area contributed by atoms with Crippen LogP contribution in [-0.4, -0.2) is 22.0 Å². The maximum absolute atomic E-state index is 13.4. The van der Waals surface area contributed by atoms with Gasteiger partial charge in [-0.2, -0.15) is 0 Å². The van der Waals surface area contributed by atoms with Gasteiger partial charge in [0.1, 0.15) is 17.3 Å². The first kappa shape index (κ1) is 14.6. The minimum atomic E-state index is -1.16. The van der Waals surface area contributed by atoms with E-state index in [0.29, 0.717) is 0 Å². The number of carbonyl (C=O) groups is 2. The smallest absolute Gasteiger partial charge is 0.337 e. The van der Waals surface area contributed by atoms with E-state index in [1.165, 1.54) is 19.1 Å². The molecule has 2 rings (SSSR count). The number of benzene rings is 1. The van der Waals surface area contributed by atoms with Crippen LogP contribution in [0.4, 0.5) is 14.5 Å². The Bertz CT molecular complexity index is 732. The zero-order valence-electron chi connectivity index (χ0n) is 10.9. The Labute approximate surface area is 118 Å². The summed E-state index contributed by atoms with van der Waals surface area (Å²) in [5.41, 5.74) is -0.304. The van der Waals surface area contributed by atoms with Crippen LogP contribution in [0, 0.1) is 18.6 Å². The van der Waals surface area contributed by atoms with E-state index in [4.69, 9.17) is 5.11 Å². The van der Waals surface area contributed by atoms with Gasteiger partial charge >= 0.3 is 5.97 Å². The molecule has 0 atom stereocenters. The second kappa shape index (κ2) is 5.66. The van der Waals surface area contributed by atoms with E-state index >= 15 is 0 Å². The van der Waals surface area contributed by atoms with Gasteiger partial charge in [0.25, 0.3) is 5.91 Å². The molecule has 0 fully saturated rings. The zero-order valence-corrected chi connectivity index (χ0v) is 10.9. The fourth-order valence-corrected chi connectivity index (χ4v) is 1.69. The molecule has 1 heterocycles. The van der Waals surface area contributed by atoms with Crippen molar-refractivity contribution in [3.63, 3.8) is 0 Å². The molecule has 0 aliphatic heterocycles. The summed E-state index contributed by atoms with van der Waals surface area (Å²) in [4.78, 5) is 26.6. The molecule has 0 saturated carbocycles. The van der Waals surface area contributed by atoms with E-state index in [9.17, 15) is 18.4 Å². The Kier molecular flexibility index (Phi) is 3.93. The first-order valence-corrected chi connectivity index (χ1v) is 5.86. The van der Waals surface area contributed by atoms with Crippen molar-refractivity contribution in [2.45, 2.75) is 6.92 Å². The predicted octanol–water partition coefficient (Wildman–Crippen LogP) is 2.62. The lowest BCUT2D eigenvalue weighted by Gasteiger charge is -2.07. The summed E-state index contributed by atoms with van der Waals surface area (Å²) in [5.74, 6) is -3.41. The average molecular weight is 292 g/mol. The lowest BCUT2D eigenvalue weighted by atomic mass is 10.2. The fourth-order valence-electron chi connectivity index (χ4n) is 1.69. The third-order valence-electron chi connectivity index (χ3n) is 2.73. The molecule has 0 unspecified atom stereocenters. The van der Waals surface area contributed by atoms with Gasteiger partial charge in [-0.05, 0) is 31.2 Å². The van der Waals surface area contributed by atoms with Crippen molar-refractivity contribution in [3.05, 3.63) is 58.9 Å². The normalized spacial score (nSPS) is 10.2. The van der Waals surface area contributed by atoms with Crippen LogP contribution in [-0.2, 0) is 0 Å². The first-order chi connectivity index (χ1) is 9.88. The van der Waals surface area contributed by atoms with Gasteiger partial charge in [-0.1, -0.05) is 0 Å². The van der Waals surface area contributed by atoms with Crippen LogP contribution in [0.2, 0.25) is 0 Å². The van der Waals surface area contributed by atoms with Gasteiger partial charge < -0.3 is 10.4 Å². The number of carboxylic acid groups (broad SMARTS) is 1. The molecule has 1 aromatic heterocycles. The Morgan fingerprint density at radius 2 is 1.90 bits per heavy atom. The molecule has 1 aromatic carbocycles. The molecule has 0 spiro atoms. The largest absolute Gasteiger partial charge is 0.478 e. The molecule has 108 valence electrons. The summed E-state index contributed by atoms with van der Waals surface area (Å²) in [6, 6.07) is 5.07. The number of halogens is 2. The molecule has 0 aliphatic rings. The fraction of sp³-hybridized carbons (Fsp3) is 0.0714. The number of amides is 1. The monoisotopic (exact) mass is 292 g/mol. The summed E-state index contributed by atoms with van der Waals surface area (Å²) in [7, 11) is 0. The number of aryl methyl sites for hydroxylation is 1. The highest BCUT2D eigenvalue weighted by Crippen LogP contribution is 2.16. The summed E-state index contributed by atoms with van der Waals surface area (Å²) >= 11 is 0. The highest BCUT2D eigenvalue weighted by atomic mass is 19.1. The number of anilines is 1. The van der Waals surface area contributed by atoms with Gasteiger partial charge in [-0.15, -0.1) is 0 Å². The number of nitrogens with zero attached hydrogens (tertiary/aromatic N) is 1. The van der Waals surface area contributed by atoms with Crippen molar-refractivity contribution in [3.8, 4) is 0 Å². The Morgan fingerprint density at radius 3 is 2.52 bits per heavy atom. The van der Waals surface area contributed by atoms with Crippen molar-refractivity contribution < 1.29 is 23.5 Å². The van der Waals surface area contributed by atoms with Crippen LogP contribution in [0.1, 0.15) is 26.5 Å². The number of aromatic carboxylic acids is 1. The standard InChI is InChI=1S/C14H10F2N2O3/c1-7-9(14(20)21)3-5-11(17-7)13(19)18-12-6-8(15)2-4-10(12)16/h2-6H,1H3,(H,18,19)(H,20,21). The molecule has 0 radical (unpaired) electrons. The highest BCUT2D eigenvalue weighted by molar-refractivity contribution is 6.03. The number of rotatable bonds is 3. The number of hydrogen-bond acceptors (Lipinski definition) is 3. The molecule has 2 aromatic rings. The molecular weight excluding hydrogens is 282 g/mol. The lowest BCUT2D eigenvalue weighted by Crippen LogP contribution is -2.16. The van der Waals surface area contributed by atoms with Crippen LogP contribution in [0.15, 0.2) is 30.3 Å². The van der Waals surface area contributed by atoms with Crippen LogP contribution in [0.5, 0.6) is 0 Å². The SMILES string of the molecule is Cc1nc(C(=O)Nc2cc(F)ccc2F)ccc1C(=O)O. The number of pyridine rings is 1. The number of carbonyl (C=O) groups excluding carboxylic acids is 1. The molecule has 1 amide bonds. The van der Waals surface area contributed by atoms with Gasteiger partial charge in [-0.3, -0.25) is 4.79 Å². The van der Waals surface area contributed by atoms with Gasteiger partial charge in [-0.25, -0.2) is 18.6 Å². The summed E-state index contributed by atoms with van der Waals surface area (Å²) in [5, 5.41) is 11.0. The molecule has 0 aliphatic carbocycles. The maximum Gasteiger partial charge on any atom is 0.337 e. The second-order valence-electron chi connectivity index (χ2n) is 4.21. The van der Waals surface area contributed by atoms with Crippen molar-refractivity contribution >= 4 is 17.6 Å². The van der Waals surface area contributed by atoms with Crippen LogP contribution in [0.3, 0.4) is 0 Å². The third-order valence-corrected chi connectivity index (χ3v) is 2.73. The first-order valence-electron chi connectivity index (χ1n) is 5.86. The van der Waals surface area contributed by atoms with Crippen LogP contribution < -0.4 is 5.32 Å². The van der Waals surface area contributed by atoms with E-state index < -0.39 is 23.5 Å². The van der Waals surface area contributed by atoms with Crippen molar-refractivity contribution in [1.29, 1.82) is 0 Å². The van der Waals surface area contributed by atoms with E-state index in [1.807, 2.05) is 0 Å². The quantitative estimate of drug-likeness (QED) is 0.911. The molecular formula is C14H10F2N2O3. The van der Waals surface area contributed by atoms with E-state index in [0.717, 1.165) is 18.2 Å². The minimum absolute atomic E-state index is 0.0384. The van der Waals surface area contributed by atoms with Crippen molar-refractivity contribution in [1.82, 2.24) is 4.98 Å². The van der Waals surface area contributed by atoms with E-state index in [1.54, 1.807) is 0 Å². The van der Waals surface area contributed by atoms with Gasteiger partial charge in [0, 0.05) is 6.07 Å². The maximum atomic E-state index is 13.4. The molecule has 2 N–H and O–H groups in total. The molecule has 0 saturated heterocycles. The van der Waals surface area contributed by atoms with Crippen LogP contribution in [0.25, 0.3) is 0 Å². The van der Waals surface area contributed by atoms with Gasteiger partial charge in [0.05, 0.1) is 16.9 Å².